The maximum Gasteiger partial charge on any atom is 0.320 e. The van der Waals surface area contributed by atoms with Crippen molar-refractivity contribution in [1.29, 1.82) is 0 Å². The van der Waals surface area contributed by atoms with Gasteiger partial charge < -0.3 is 15.2 Å². The Kier molecular flexibility index (Phi) is 6.08. The lowest BCUT2D eigenvalue weighted by Gasteiger charge is -2.10. The van der Waals surface area contributed by atoms with Crippen molar-refractivity contribution >= 4 is 17.0 Å². The first-order valence-electron chi connectivity index (χ1n) is 10.1. The number of nitrogens with two attached hydrogens (primary N) is 1. The molecule has 0 saturated heterocycles. The maximum atomic E-state index is 6.18. The third kappa shape index (κ3) is 4.51. The number of ether oxygens (including phenoxy) is 2. The highest BCUT2D eigenvalue weighted by Gasteiger charge is 2.19. The van der Waals surface area contributed by atoms with Crippen molar-refractivity contribution in [3.8, 4) is 12.0 Å². The minimum absolute atomic E-state index is 0.261. The first kappa shape index (κ1) is 19.7. The van der Waals surface area contributed by atoms with Gasteiger partial charge in [0.25, 0.3) is 6.01 Å². The molecule has 7 heteroatoms. The molecule has 0 radical (unpaired) electrons. The SMILES string of the molecule is CCCCOc1nc(N)c2nc(OCc3ccccc3)n(Cc3ccccc3)c2n1. The molecule has 2 heterocycles. The van der Waals surface area contributed by atoms with E-state index in [2.05, 4.69) is 34.0 Å². The van der Waals surface area contributed by atoms with E-state index in [-0.39, 0.29) is 11.8 Å². The number of hydrogen-bond acceptors (Lipinski definition) is 6. The second kappa shape index (κ2) is 9.26. The molecule has 4 rings (SSSR count). The number of nitrogens with zero attached hydrogens (tertiary/aromatic N) is 4. The number of rotatable bonds is 9. The molecule has 7 nitrogen and oxygen atoms in total. The number of imidazole rings is 1. The van der Waals surface area contributed by atoms with Crippen molar-refractivity contribution in [2.45, 2.75) is 32.9 Å². The van der Waals surface area contributed by atoms with Crippen molar-refractivity contribution in [3.63, 3.8) is 0 Å². The number of anilines is 1. The average Bonchev–Trinajstić information content (AvgIpc) is 3.12. The summed E-state index contributed by atoms with van der Waals surface area (Å²) in [5, 5.41) is 0. The van der Waals surface area contributed by atoms with Crippen molar-refractivity contribution in [2.75, 3.05) is 12.3 Å². The molecule has 0 bridgehead atoms. The van der Waals surface area contributed by atoms with Gasteiger partial charge in [-0.15, -0.1) is 0 Å². The molecule has 0 aliphatic carbocycles. The lowest BCUT2D eigenvalue weighted by atomic mass is 10.2. The summed E-state index contributed by atoms with van der Waals surface area (Å²) in [6.45, 7) is 3.59. The van der Waals surface area contributed by atoms with Crippen molar-refractivity contribution in [1.82, 2.24) is 19.5 Å². The summed E-state index contributed by atoms with van der Waals surface area (Å²) in [6, 6.07) is 20.8. The van der Waals surface area contributed by atoms with Gasteiger partial charge in [-0.25, -0.2) is 0 Å². The van der Waals surface area contributed by atoms with E-state index in [1.807, 2.05) is 53.1 Å². The van der Waals surface area contributed by atoms with Crippen LogP contribution in [0.4, 0.5) is 5.82 Å². The minimum Gasteiger partial charge on any atom is -0.463 e. The fraction of sp³-hybridized carbons (Fsp3) is 0.261. The molecule has 0 saturated carbocycles. The second-order valence-electron chi connectivity index (χ2n) is 7.01. The topological polar surface area (TPSA) is 88.1 Å². The van der Waals surface area contributed by atoms with Gasteiger partial charge in [0.05, 0.1) is 13.2 Å². The summed E-state index contributed by atoms with van der Waals surface area (Å²) in [7, 11) is 0. The quantitative estimate of drug-likeness (QED) is 0.421. The third-order valence-electron chi connectivity index (χ3n) is 4.69. The van der Waals surface area contributed by atoms with E-state index in [4.69, 9.17) is 15.2 Å². The standard InChI is InChI=1S/C23H25N5O2/c1-2-3-14-29-22-26-20(24)19-21(27-22)28(15-17-10-6-4-7-11-17)23(25-19)30-16-18-12-8-5-9-13-18/h4-13H,2-3,14-16H2,1H3,(H2,24,26,27). The van der Waals surface area contributed by atoms with Crippen LogP contribution in [-0.4, -0.2) is 26.1 Å². The van der Waals surface area contributed by atoms with Gasteiger partial charge in [0.1, 0.15) is 6.61 Å². The molecule has 2 N–H and O–H groups in total. The number of unbranched alkanes of at least 4 members (excludes halogenated alkanes) is 1. The second-order valence-corrected chi connectivity index (χ2v) is 7.01. The Labute approximate surface area is 175 Å². The van der Waals surface area contributed by atoms with Gasteiger partial charge in [-0.2, -0.15) is 15.0 Å². The molecule has 2 aromatic heterocycles. The summed E-state index contributed by atoms with van der Waals surface area (Å²) in [4.78, 5) is 13.4. The van der Waals surface area contributed by atoms with E-state index in [1.165, 1.54) is 0 Å². The summed E-state index contributed by atoms with van der Waals surface area (Å²) < 4.78 is 13.7. The molecule has 154 valence electrons. The van der Waals surface area contributed by atoms with Gasteiger partial charge in [-0.1, -0.05) is 74.0 Å². The average molecular weight is 403 g/mol. The van der Waals surface area contributed by atoms with E-state index in [1.54, 1.807) is 0 Å². The van der Waals surface area contributed by atoms with Crippen LogP contribution in [0.25, 0.3) is 11.2 Å². The fourth-order valence-electron chi connectivity index (χ4n) is 3.09. The van der Waals surface area contributed by atoms with Crippen LogP contribution in [0, 0.1) is 0 Å². The normalized spacial score (nSPS) is 11.0. The van der Waals surface area contributed by atoms with Crippen LogP contribution in [0.3, 0.4) is 0 Å². The van der Waals surface area contributed by atoms with E-state index >= 15 is 0 Å². The monoisotopic (exact) mass is 403 g/mol. The molecule has 0 aliphatic heterocycles. The van der Waals surface area contributed by atoms with Gasteiger partial charge in [-0.05, 0) is 17.5 Å². The molecule has 0 amide bonds. The molecular formula is C23H25N5O2. The Morgan fingerprint density at radius 3 is 2.27 bits per heavy atom. The number of hydrogen-bond donors (Lipinski definition) is 1. The Balaban J connectivity index is 1.70. The fourth-order valence-corrected chi connectivity index (χ4v) is 3.09. The summed E-state index contributed by atoms with van der Waals surface area (Å²) in [5.41, 5.74) is 9.45. The largest absolute Gasteiger partial charge is 0.463 e. The van der Waals surface area contributed by atoms with Crippen LogP contribution in [0.2, 0.25) is 0 Å². The predicted molar refractivity (Wildman–Crippen MR) is 116 cm³/mol. The lowest BCUT2D eigenvalue weighted by Crippen LogP contribution is -2.08. The Morgan fingerprint density at radius 2 is 1.57 bits per heavy atom. The molecule has 0 atom stereocenters. The lowest BCUT2D eigenvalue weighted by molar-refractivity contribution is 0.270. The molecule has 0 unspecified atom stereocenters. The minimum atomic E-state index is 0.261. The molecule has 0 aliphatic rings. The van der Waals surface area contributed by atoms with Crippen LogP contribution in [0.15, 0.2) is 60.7 Å². The van der Waals surface area contributed by atoms with Crippen molar-refractivity contribution in [2.24, 2.45) is 0 Å². The first-order valence-corrected chi connectivity index (χ1v) is 10.1. The highest BCUT2D eigenvalue weighted by molar-refractivity contribution is 5.83. The van der Waals surface area contributed by atoms with E-state index < -0.39 is 0 Å². The highest BCUT2D eigenvalue weighted by Crippen LogP contribution is 2.27. The molecule has 0 spiro atoms. The van der Waals surface area contributed by atoms with Gasteiger partial charge in [-0.3, -0.25) is 4.57 Å². The predicted octanol–water partition coefficient (Wildman–Crippen LogP) is 4.21. The highest BCUT2D eigenvalue weighted by atomic mass is 16.5. The van der Waals surface area contributed by atoms with Crippen LogP contribution in [-0.2, 0) is 13.2 Å². The zero-order valence-electron chi connectivity index (χ0n) is 17.0. The van der Waals surface area contributed by atoms with E-state index in [0.29, 0.717) is 36.9 Å². The van der Waals surface area contributed by atoms with Gasteiger partial charge >= 0.3 is 6.01 Å². The smallest absolute Gasteiger partial charge is 0.320 e. The van der Waals surface area contributed by atoms with Crippen LogP contribution in [0.1, 0.15) is 30.9 Å². The number of fused-ring (bicyclic) bond motifs is 1. The number of aromatic nitrogens is 4. The summed E-state index contributed by atoms with van der Waals surface area (Å²) in [6.07, 6.45) is 1.96. The zero-order valence-corrected chi connectivity index (χ0v) is 17.0. The Morgan fingerprint density at radius 1 is 0.867 bits per heavy atom. The maximum absolute atomic E-state index is 6.18. The van der Waals surface area contributed by atoms with Crippen LogP contribution >= 0.6 is 0 Å². The van der Waals surface area contributed by atoms with Crippen LogP contribution in [0.5, 0.6) is 12.0 Å². The van der Waals surface area contributed by atoms with Crippen molar-refractivity contribution < 1.29 is 9.47 Å². The Hall–Kier alpha value is -3.61. The number of benzene rings is 2. The molecule has 4 aromatic rings. The van der Waals surface area contributed by atoms with Crippen molar-refractivity contribution in [3.05, 3.63) is 71.8 Å². The van der Waals surface area contributed by atoms with Gasteiger partial charge in [0.15, 0.2) is 17.0 Å². The zero-order chi connectivity index (χ0) is 20.8. The molecule has 30 heavy (non-hydrogen) atoms. The first-order chi connectivity index (χ1) is 14.7. The Bertz CT molecular complexity index is 1100. The molecule has 0 fully saturated rings. The third-order valence-corrected chi connectivity index (χ3v) is 4.69. The molecule has 2 aromatic carbocycles. The van der Waals surface area contributed by atoms with Gasteiger partial charge in [0, 0.05) is 0 Å². The van der Waals surface area contributed by atoms with E-state index in [9.17, 15) is 0 Å². The summed E-state index contributed by atoms with van der Waals surface area (Å²) >= 11 is 0. The summed E-state index contributed by atoms with van der Waals surface area (Å²) in [5.74, 6) is 0.280. The molecular weight excluding hydrogens is 378 g/mol. The van der Waals surface area contributed by atoms with Gasteiger partial charge in [0.2, 0.25) is 0 Å². The van der Waals surface area contributed by atoms with Crippen LogP contribution < -0.4 is 15.2 Å². The van der Waals surface area contributed by atoms with E-state index in [0.717, 1.165) is 24.0 Å². The number of nitrogen functional groups attached to an aromatic ring is 1.